The van der Waals surface area contributed by atoms with E-state index in [1.54, 1.807) is 17.0 Å². The van der Waals surface area contributed by atoms with Crippen molar-refractivity contribution < 1.29 is 31.5 Å². The Balaban J connectivity index is 1.28. The van der Waals surface area contributed by atoms with Crippen LogP contribution < -0.4 is 9.47 Å². The lowest BCUT2D eigenvalue weighted by molar-refractivity contribution is -0.132. The summed E-state index contributed by atoms with van der Waals surface area (Å²) in [6.07, 6.45) is 0.737. The van der Waals surface area contributed by atoms with Crippen molar-refractivity contribution >= 4 is 37.3 Å². The number of sulfone groups is 1. The van der Waals surface area contributed by atoms with E-state index in [4.69, 9.17) is 9.47 Å². The fraction of sp³-hybridized carbons (Fsp3) is 0.364. The maximum Gasteiger partial charge on any atom is 0.274 e. The number of rotatable bonds is 7. The standard InChI is InChI=1S/C22H22F2N2O5S2/c1-30-15-2-4-17(5-3-15)33(28,29)11-8-20(27)26-9-6-16(7-10-26)31-22-25-21-18(24)12-14(23)13-19(21)32-22/h2-5,12-13,16H,6-11H2,1H3. The molecule has 176 valence electrons. The van der Waals surface area contributed by atoms with Gasteiger partial charge in [-0.1, -0.05) is 11.3 Å². The number of carbonyl (C=O) groups is 1. The number of likely N-dealkylation sites (tertiary alicyclic amines) is 1. The number of hydrogen-bond acceptors (Lipinski definition) is 7. The Labute approximate surface area is 193 Å². The number of aromatic nitrogens is 1. The maximum absolute atomic E-state index is 13.8. The number of thiazole rings is 1. The molecular formula is C22H22F2N2O5S2. The SMILES string of the molecule is COc1ccc(S(=O)(=O)CCC(=O)N2CCC(Oc3nc4c(F)cc(F)cc4s3)CC2)cc1. The molecule has 1 aliphatic heterocycles. The average Bonchev–Trinajstić information content (AvgIpc) is 3.20. The molecule has 0 saturated carbocycles. The molecule has 0 atom stereocenters. The van der Waals surface area contributed by atoms with E-state index in [9.17, 15) is 22.0 Å². The van der Waals surface area contributed by atoms with Gasteiger partial charge in [0.1, 0.15) is 23.2 Å². The monoisotopic (exact) mass is 496 g/mol. The van der Waals surface area contributed by atoms with Gasteiger partial charge in [0, 0.05) is 38.4 Å². The summed E-state index contributed by atoms with van der Waals surface area (Å²) in [6, 6.07) is 8.05. The van der Waals surface area contributed by atoms with Crippen LogP contribution >= 0.6 is 11.3 Å². The first-order valence-electron chi connectivity index (χ1n) is 10.3. The van der Waals surface area contributed by atoms with Crippen LogP contribution in [0.15, 0.2) is 41.3 Å². The first-order valence-corrected chi connectivity index (χ1v) is 12.8. The molecule has 0 aliphatic carbocycles. The van der Waals surface area contributed by atoms with E-state index in [1.807, 2.05) is 0 Å². The first kappa shape index (κ1) is 23.4. The second-order valence-electron chi connectivity index (χ2n) is 7.66. The Bertz CT molecular complexity index is 1250. The van der Waals surface area contributed by atoms with Crippen molar-refractivity contribution in [2.24, 2.45) is 0 Å². The van der Waals surface area contributed by atoms with E-state index in [0.717, 1.165) is 17.4 Å². The van der Waals surface area contributed by atoms with E-state index in [2.05, 4.69) is 4.98 Å². The lowest BCUT2D eigenvalue weighted by atomic mass is 10.1. The van der Waals surface area contributed by atoms with E-state index >= 15 is 0 Å². The van der Waals surface area contributed by atoms with Gasteiger partial charge in [-0.2, -0.15) is 4.98 Å². The molecule has 33 heavy (non-hydrogen) atoms. The summed E-state index contributed by atoms with van der Waals surface area (Å²) in [5.74, 6) is -1.36. The third-order valence-corrected chi connectivity index (χ3v) is 8.08. The fourth-order valence-corrected chi connectivity index (χ4v) is 5.78. The molecule has 7 nitrogen and oxygen atoms in total. The number of nitrogens with zero attached hydrogens (tertiary/aromatic N) is 2. The molecule has 0 spiro atoms. The van der Waals surface area contributed by atoms with Crippen molar-refractivity contribution in [1.29, 1.82) is 0 Å². The second kappa shape index (κ2) is 9.60. The molecule has 0 radical (unpaired) electrons. The molecular weight excluding hydrogens is 474 g/mol. The molecule has 2 heterocycles. The topological polar surface area (TPSA) is 85.8 Å². The summed E-state index contributed by atoms with van der Waals surface area (Å²) in [7, 11) is -2.09. The minimum absolute atomic E-state index is 0.0714. The third kappa shape index (κ3) is 5.41. The number of carbonyl (C=O) groups excluding carboxylic acids is 1. The van der Waals surface area contributed by atoms with Gasteiger partial charge in [-0.05, 0) is 30.3 Å². The van der Waals surface area contributed by atoms with Crippen molar-refractivity contribution in [2.75, 3.05) is 26.0 Å². The van der Waals surface area contributed by atoms with Crippen molar-refractivity contribution in [2.45, 2.75) is 30.3 Å². The Morgan fingerprint density at radius 1 is 1.18 bits per heavy atom. The number of hydrogen-bond donors (Lipinski definition) is 0. The number of ether oxygens (including phenoxy) is 2. The van der Waals surface area contributed by atoms with Crippen LogP contribution in [0.4, 0.5) is 8.78 Å². The average molecular weight is 497 g/mol. The van der Waals surface area contributed by atoms with Gasteiger partial charge in [-0.25, -0.2) is 17.2 Å². The Hall–Kier alpha value is -2.79. The van der Waals surface area contributed by atoms with Gasteiger partial charge in [0.2, 0.25) is 5.91 Å². The lowest BCUT2D eigenvalue weighted by Gasteiger charge is -2.31. The highest BCUT2D eigenvalue weighted by Gasteiger charge is 2.26. The highest BCUT2D eigenvalue weighted by Crippen LogP contribution is 2.32. The zero-order chi connectivity index (χ0) is 23.6. The van der Waals surface area contributed by atoms with Crippen LogP contribution in [0.3, 0.4) is 0 Å². The first-order chi connectivity index (χ1) is 15.7. The van der Waals surface area contributed by atoms with Crippen LogP contribution in [0.5, 0.6) is 10.9 Å². The third-order valence-electron chi connectivity index (χ3n) is 5.46. The van der Waals surface area contributed by atoms with Gasteiger partial charge in [0.25, 0.3) is 5.19 Å². The molecule has 1 amide bonds. The van der Waals surface area contributed by atoms with Crippen LogP contribution in [0.2, 0.25) is 0 Å². The molecule has 1 aromatic heterocycles. The molecule has 1 aliphatic rings. The number of benzene rings is 2. The molecule has 3 aromatic rings. The number of methoxy groups -OCH3 is 1. The molecule has 0 unspecified atom stereocenters. The predicted octanol–water partition coefficient (Wildman–Crippen LogP) is 3.82. The number of fused-ring (bicyclic) bond motifs is 1. The molecule has 2 aromatic carbocycles. The van der Waals surface area contributed by atoms with Crippen molar-refractivity contribution in [3.8, 4) is 10.9 Å². The molecule has 4 rings (SSSR count). The molecule has 0 bridgehead atoms. The summed E-state index contributed by atoms with van der Waals surface area (Å²) in [4.78, 5) is 18.4. The smallest absolute Gasteiger partial charge is 0.274 e. The molecule has 0 N–H and O–H groups in total. The van der Waals surface area contributed by atoms with Gasteiger partial charge >= 0.3 is 0 Å². The molecule has 11 heteroatoms. The minimum Gasteiger partial charge on any atom is -0.497 e. The number of amides is 1. The van der Waals surface area contributed by atoms with Gasteiger partial charge < -0.3 is 14.4 Å². The van der Waals surface area contributed by atoms with Crippen LogP contribution in [0, 0.1) is 11.6 Å². The zero-order valence-corrected chi connectivity index (χ0v) is 19.4. The summed E-state index contributed by atoms with van der Waals surface area (Å²) >= 11 is 1.07. The summed E-state index contributed by atoms with van der Waals surface area (Å²) in [6.45, 7) is 0.833. The van der Waals surface area contributed by atoms with E-state index < -0.39 is 21.5 Å². The van der Waals surface area contributed by atoms with Crippen LogP contribution in [-0.4, -0.2) is 56.3 Å². The van der Waals surface area contributed by atoms with Crippen molar-refractivity contribution in [3.05, 3.63) is 48.0 Å². The second-order valence-corrected chi connectivity index (χ2v) is 10.8. The number of piperidine rings is 1. The minimum atomic E-state index is -3.58. The maximum atomic E-state index is 13.8. The fourth-order valence-electron chi connectivity index (χ4n) is 3.63. The van der Waals surface area contributed by atoms with Crippen LogP contribution in [0.25, 0.3) is 10.2 Å². The number of halogens is 2. The van der Waals surface area contributed by atoms with Gasteiger partial charge in [-0.3, -0.25) is 4.79 Å². The van der Waals surface area contributed by atoms with Crippen molar-refractivity contribution in [1.82, 2.24) is 9.88 Å². The van der Waals surface area contributed by atoms with Gasteiger partial charge in [0.15, 0.2) is 15.7 Å². The quantitative estimate of drug-likeness (QED) is 0.495. The van der Waals surface area contributed by atoms with E-state index in [-0.39, 0.29) is 39.8 Å². The largest absolute Gasteiger partial charge is 0.497 e. The van der Waals surface area contributed by atoms with E-state index in [1.165, 1.54) is 25.3 Å². The Morgan fingerprint density at radius 2 is 1.88 bits per heavy atom. The lowest BCUT2D eigenvalue weighted by Crippen LogP contribution is -2.42. The van der Waals surface area contributed by atoms with E-state index in [0.29, 0.717) is 36.4 Å². The predicted molar refractivity (Wildman–Crippen MR) is 119 cm³/mol. The van der Waals surface area contributed by atoms with Crippen molar-refractivity contribution in [3.63, 3.8) is 0 Å². The highest BCUT2D eigenvalue weighted by atomic mass is 32.2. The highest BCUT2D eigenvalue weighted by molar-refractivity contribution is 7.91. The summed E-state index contributed by atoms with van der Waals surface area (Å²) in [5.41, 5.74) is 0.0714. The normalized spacial score (nSPS) is 15.1. The van der Waals surface area contributed by atoms with Gasteiger partial charge in [0.05, 0.1) is 22.5 Å². The molecule has 1 saturated heterocycles. The van der Waals surface area contributed by atoms with Gasteiger partial charge in [-0.15, -0.1) is 0 Å². The summed E-state index contributed by atoms with van der Waals surface area (Å²) in [5, 5.41) is 0.255. The molecule has 1 fully saturated rings. The Morgan fingerprint density at radius 3 is 2.55 bits per heavy atom. The zero-order valence-electron chi connectivity index (χ0n) is 17.8. The van der Waals surface area contributed by atoms with Crippen LogP contribution in [0.1, 0.15) is 19.3 Å². The summed E-state index contributed by atoms with van der Waals surface area (Å²) < 4.78 is 63.4. The Kier molecular flexibility index (Phi) is 6.80. The van der Waals surface area contributed by atoms with Crippen LogP contribution in [-0.2, 0) is 14.6 Å².